The molecule has 0 aliphatic rings. The fraction of sp³-hybridized carbons (Fsp3) is 0.100. The molecule has 1 N–H and O–H groups in total. The number of nitriles is 1. The molecule has 0 amide bonds. The summed E-state index contributed by atoms with van der Waals surface area (Å²) in [5, 5.41) is 11.6. The van der Waals surface area contributed by atoms with E-state index in [1.807, 2.05) is 18.2 Å². The van der Waals surface area contributed by atoms with Crippen molar-refractivity contribution in [2.45, 2.75) is 6.54 Å². The van der Waals surface area contributed by atoms with Gasteiger partial charge < -0.3 is 9.73 Å². The van der Waals surface area contributed by atoms with Gasteiger partial charge in [0.2, 0.25) is 0 Å². The van der Waals surface area contributed by atoms with Crippen molar-refractivity contribution in [1.29, 1.82) is 5.26 Å². The minimum absolute atomic E-state index is 0.291. The summed E-state index contributed by atoms with van der Waals surface area (Å²) >= 11 is 0. The Balaban J connectivity index is 2.02. The number of aromatic nitrogens is 2. The van der Waals surface area contributed by atoms with E-state index >= 15 is 0 Å². The monoisotopic (exact) mass is 200 g/mol. The molecule has 5 heteroatoms. The first-order valence-corrected chi connectivity index (χ1v) is 4.37. The zero-order valence-electron chi connectivity index (χ0n) is 7.84. The van der Waals surface area contributed by atoms with E-state index in [1.54, 1.807) is 12.5 Å². The molecule has 0 unspecified atom stereocenters. The third kappa shape index (κ3) is 2.31. The SMILES string of the molecule is N#Cc1cncc(NCc2ccco2)n1. The van der Waals surface area contributed by atoms with Crippen LogP contribution in [0.25, 0.3) is 0 Å². The molecule has 2 rings (SSSR count). The highest BCUT2D eigenvalue weighted by Gasteiger charge is 1.98. The topological polar surface area (TPSA) is 74.7 Å². The Labute approximate surface area is 86.4 Å². The standard InChI is InChI=1S/C10H8N4O/c11-4-8-5-12-7-10(14-8)13-6-9-2-1-3-15-9/h1-3,5,7H,6H2,(H,13,14). The summed E-state index contributed by atoms with van der Waals surface area (Å²) in [7, 11) is 0. The lowest BCUT2D eigenvalue weighted by Crippen LogP contribution is -2.01. The van der Waals surface area contributed by atoms with Crippen molar-refractivity contribution >= 4 is 5.82 Å². The van der Waals surface area contributed by atoms with Gasteiger partial charge in [0.05, 0.1) is 25.2 Å². The van der Waals surface area contributed by atoms with Gasteiger partial charge in [-0.25, -0.2) is 4.98 Å². The number of furan rings is 1. The van der Waals surface area contributed by atoms with Gasteiger partial charge in [0.15, 0.2) is 5.69 Å². The summed E-state index contributed by atoms with van der Waals surface area (Å²) in [4.78, 5) is 7.89. The summed E-state index contributed by atoms with van der Waals surface area (Å²) in [5.41, 5.74) is 0.291. The van der Waals surface area contributed by atoms with Crippen LogP contribution in [0.3, 0.4) is 0 Å². The lowest BCUT2D eigenvalue weighted by molar-refractivity contribution is 0.518. The van der Waals surface area contributed by atoms with Crippen molar-refractivity contribution in [2.75, 3.05) is 5.32 Å². The molecule has 0 saturated carbocycles. The van der Waals surface area contributed by atoms with Crippen LogP contribution in [0.4, 0.5) is 5.82 Å². The Kier molecular flexibility index (Phi) is 2.61. The molecule has 0 aliphatic carbocycles. The minimum atomic E-state index is 0.291. The van der Waals surface area contributed by atoms with Crippen LogP contribution in [-0.4, -0.2) is 9.97 Å². The number of anilines is 1. The molecule has 0 fully saturated rings. The van der Waals surface area contributed by atoms with Crippen molar-refractivity contribution in [1.82, 2.24) is 9.97 Å². The van der Waals surface area contributed by atoms with Gasteiger partial charge in [0.1, 0.15) is 17.6 Å². The molecule has 5 nitrogen and oxygen atoms in total. The fourth-order valence-corrected chi connectivity index (χ4v) is 1.10. The van der Waals surface area contributed by atoms with E-state index in [0.29, 0.717) is 18.1 Å². The smallest absolute Gasteiger partial charge is 0.161 e. The zero-order chi connectivity index (χ0) is 10.5. The number of hydrogen-bond acceptors (Lipinski definition) is 5. The van der Waals surface area contributed by atoms with Crippen molar-refractivity contribution in [2.24, 2.45) is 0 Å². The van der Waals surface area contributed by atoms with Crippen molar-refractivity contribution in [3.63, 3.8) is 0 Å². The maximum Gasteiger partial charge on any atom is 0.161 e. The molecule has 74 valence electrons. The molecular weight excluding hydrogens is 192 g/mol. The number of rotatable bonds is 3. The molecule has 2 aromatic heterocycles. The normalized spacial score (nSPS) is 9.53. The molecule has 0 saturated heterocycles. The number of hydrogen-bond donors (Lipinski definition) is 1. The van der Waals surface area contributed by atoms with E-state index in [1.165, 1.54) is 6.20 Å². The first kappa shape index (κ1) is 9.21. The molecule has 2 heterocycles. The molecule has 0 bridgehead atoms. The van der Waals surface area contributed by atoms with Crippen LogP contribution in [0.1, 0.15) is 11.5 Å². The van der Waals surface area contributed by atoms with Gasteiger partial charge in [-0.2, -0.15) is 5.26 Å². The maximum atomic E-state index is 8.62. The van der Waals surface area contributed by atoms with Crippen LogP contribution >= 0.6 is 0 Å². The zero-order valence-corrected chi connectivity index (χ0v) is 7.84. The molecule has 0 spiro atoms. The maximum absolute atomic E-state index is 8.62. The van der Waals surface area contributed by atoms with Crippen LogP contribution in [0, 0.1) is 11.3 Å². The predicted molar refractivity (Wildman–Crippen MR) is 52.8 cm³/mol. The first-order chi connectivity index (χ1) is 7.38. The van der Waals surface area contributed by atoms with Crippen molar-refractivity contribution in [3.8, 4) is 6.07 Å². The van der Waals surface area contributed by atoms with Gasteiger partial charge >= 0.3 is 0 Å². The van der Waals surface area contributed by atoms with E-state index in [4.69, 9.17) is 9.68 Å². The molecule has 0 radical (unpaired) electrons. The van der Waals surface area contributed by atoms with Gasteiger partial charge in [-0.1, -0.05) is 0 Å². The van der Waals surface area contributed by atoms with Gasteiger partial charge in [-0.15, -0.1) is 0 Å². The summed E-state index contributed by atoms with van der Waals surface area (Å²) in [6.45, 7) is 0.524. The molecule has 0 aliphatic heterocycles. The van der Waals surface area contributed by atoms with Crippen LogP contribution in [0.2, 0.25) is 0 Å². The average Bonchev–Trinajstić information content (AvgIpc) is 2.79. The highest BCUT2D eigenvalue weighted by molar-refractivity contribution is 5.34. The van der Waals surface area contributed by atoms with Crippen LogP contribution in [0.15, 0.2) is 35.2 Å². The van der Waals surface area contributed by atoms with Gasteiger partial charge in [0, 0.05) is 0 Å². The van der Waals surface area contributed by atoms with Crippen LogP contribution in [0.5, 0.6) is 0 Å². The second-order valence-corrected chi connectivity index (χ2v) is 2.83. The summed E-state index contributed by atoms with van der Waals surface area (Å²) in [6, 6.07) is 5.59. The highest BCUT2D eigenvalue weighted by Crippen LogP contribution is 2.05. The summed E-state index contributed by atoms with van der Waals surface area (Å²) in [5.74, 6) is 1.37. The van der Waals surface area contributed by atoms with E-state index < -0.39 is 0 Å². The lowest BCUT2D eigenvalue weighted by atomic mass is 10.4. The Morgan fingerprint density at radius 3 is 3.13 bits per heavy atom. The first-order valence-electron chi connectivity index (χ1n) is 4.37. The van der Waals surface area contributed by atoms with Gasteiger partial charge in [-0.3, -0.25) is 4.98 Å². The second kappa shape index (κ2) is 4.24. The summed E-state index contributed by atoms with van der Waals surface area (Å²) < 4.78 is 5.14. The Bertz CT molecular complexity index is 472. The Morgan fingerprint density at radius 2 is 2.40 bits per heavy atom. The average molecular weight is 200 g/mol. The molecule has 0 aromatic carbocycles. The van der Waals surface area contributed by atoms with E-state index in [-0.39, 0.29) is 0 Å². The largest absolute Gasteiger partial charge is 0.467 e. The molecular formula is C10H8N4O. The van der Waals surface area contributed by atoms with Gasteiger partial charge in [0.25, 0.3) is 0 Å². The number of nitrogens with one attached hydrogen (secondary N) is 1. The fourth-order valence-electron chi connectivity index (χ4n) is 1.10. The Morgan fingerprint density at radius 1 is 1.47 bits per heavy atom. The third-order valence-electron chi connectivity index (χ3n) is 1.77. The van der Waals surface area contributed by atoms with Crippen LogP contribution < -0.4 is 5.32 Å². The Hall–Kier alpha value is -2.35. The molecule has 0 atom stereocenters. The minimum Gasteiger partial charge on any atom is -0.467 e. The highest BCUT2D eigenvalue weighted by atomic mass is 16.3. The van der Waals surface area contributed by atoms with Crippen molar-refractivity contribution in [3.05, 3.63) is 42.2 Å². The predicted octanol–water partition coefficient (Wildman–Crippen LogP) is 1.55. The van der Waals surface area contributed by atoms with E-state index in [0.717, 1.165) is 5.76 Å². The lowest BCUT2D eigenvalue weighted by Gasteiger charge is -2.01. The molecule has 15 heavy (non-hydrogen) atoms. The van der Waals surface area contributed by atoms with Gasteiger partial charge in [-0.05, 0) is 12.1 Å². The van der Waals surface area contributed by atoms with Crippen molar-refractivity contribution < 1.29 is 4.42 Å². The summed E-state index contributed by atoms with van der Waals surface area (Å²) in [6.07, 6.45) is 4.58. The molecule has 2 aromatic rings. The quantitative estimate of drug-likeness (QED) is 0.813. The second-order valence-electron chi connectivity index (χ2n) is 2.83. The van der Waals surface area contributed by atoms with Crippen LogP contribution in [-0.2, 0) is 6.54 Å². The number of nitrogens with zero attached hydrogens (tertiary/aromatic N) is 3. The van der Waals surface area contributed by atoms with E-state index in [2.05, 4.69) is 15.3 Å². The van der Waals surface area contributed by atoms with E-state index in [9.17, 15) is 0 Å². The third-order valence-corrected chi connectivity index (χ3v) is 1.77.